The normalized spacial score (nSPS) is 28.4. The summed E-state index contributed by atoms with van der Waals surface area (Å²) in [6.07, 6.45) is 2.97. The van der Waals surface area contributed by atoms with E-state index in [1.165, 1.54) is 12.8 Å². The molecular formula is C14H24N2O3. The summed E-state index contributed by atoms with van der Waals surface area (Å²) in [5, 5.41) is 11.8. The highest BCUT2D eigenvalue weighted by molar-refractivity contribution is 5.89. The number of amides is 1. The van der Waals surface area contributed by atoms with Crippen molar-refractivity contribution in [1.82, 2.24) is 10.2 Å². The number of aliphatic carboxylic acids is 1. The molecule has 2 N–H and O–H groups in total. The zero-order valence-corrected chi connectivity index (χ0v) is 11.8. The Kier molecular flexibility index (Phi) is 4.45. The maximum absolute atomic E-state index is 11.9. The minimum Gasteiger partial charge on any atom is -0.481 e. The maximum atomic E-state index is 11.9. The van der Waals surface area contributed by atoms with Crippen molar-refractivity contribution < 1.29 is 14.7 Å². The molecule has 0 radical (unpaired) electrons. The molecule has 108 valence electrons. The van der Waals surface area contributed by atoms with Crippen molar-refractivity contribution in [1.29, 1.82) is 0 Å². The quantitative estimate of drug-likeness (QED) is 0.752. The number of nitrogens with zero attached hydrogens (tertiary/aromatic N) is 1. The number of hydrogen-bond acceptors (Lipinski definition) is 3. The van der Waals surface area contributed by atoms with Gasteiger partial charge in [0.2, 0.25) is 5.91 Å². The van der Waals surface area contributed by atoms with Crippen LogP contribution in [0.3, 0.4) is 0 Å². The molecule has 2 aliphatic rings. The smallest absolute Gasteiger partial charge is 0.307 e. The first-order valence-electron chi connectivity index (χ1n) is 7.25. The van der Waals surface area contributed by atoms with Crippen LogP contribution in [0.1, 0.15) is 33.1 Å². The molecule has 1 amide bonds. The zero-order valence-electron chi connectivity index (χ0n) is 11.8. The first-order valence-corrected chi connectivity index (χ1v) is 7.25. The van der Waals surface area contributed by atoms with Gasteiger partial charge in [-0.05, 0) is 38.3 Å². The topological polar surface area (TPSA) is 69.6 Å². The highest BCUT2D eigenvalue weighted by Gasteiger charge is 2.48. The molecule has 3 unspecified atom stereocenters. The molecule has 5 nitrogen and oxygen atoms in total. The highest BCUT2D eigenvalue weighted by atomic mass is 16.4. The summed E-state index contributed by atoms with van der Waals surface area (Å²) in [5.41, 5.74) is 0. The predicted molar refractivity (Wildman–Crippen MR) is 71.7 cm³/mol. The van der Waals surface area contributed by atoms with E-state index in [4.69, 9.17) is 5.11 Å². The van der Waals surface area contributed by atoms with Crippen molar-refractivity contribution in [3.8, 4) is 0 Å². The van der Waals surface area contributed by atoms with E-state index in [1.54, 1.807) is 0 Å². The average Bonchev–Trinajstić information content (AvgIpc) is 2.99. The molecular weight excluding hydrogens is 244 g/mol. The van der Waals surface area contributed by atoms with Crippen molar-refractivity contribution in [2.24, 2.45) is 17.8 Å². The van der Waals surface area contributed by atoms with E-state index in [9.17, 15) is 9.59 Å². The van der Waals surface area contributed by atoms with Crippen LogP contribution in [0, 0.1) is 17.8 Å². The van der Waals surface area contributed by atoms with Gasteiger partial charge >= 0.3 is 5.97 Å². The summed E-state index contributed by atoms with van der Waals surface area (Å²) in [4.78, 5) is 25.0. The zero-order chi connectivity index (χ0) is 14.0. The van der Waals surface area contributed by atoms with Crippen molar-refractivity contribution in [3.63, 3.8) is 0 Å². The van der Waals surface area contributed by atoms with Gasteiger partial charge in [-0.3, -0.25) is 14.5 Å². The van der Waals surface area contributed by atoms with Gasteiger partial charge in [-0.25, -0.2) is 0 Å². The Hall–Kier alpha value is -1.10. The molecule has 2 fully saturated rings. The third kappa shape index (κ3) is 3.47. The average molecular weight is 268 g/mol. The number of carboxylic acid groups (broad SMARTS) is 1. The second kappa shape index (κ2) is 5.90. The van der Waals surface area contributed by atoms with E-state index in [0.29, 0.717) is 24.9 Å². The fourth-order valence-corrected chi connectivity index (χ4v) is 2.95. The fourth-order valence-electron chi connectivity index (χ4n) is 2.95. The molecule has 0 spiro atoms. The van der Waals surface area contributed by atoms with Crippen molar-refractivity contribution in [3.05, 3.63) is 0 Å². The third-order valence-electron chi connectivity index (χ3n) is 4.31. The number of carbonyl (C=O) groups excluding carboxylic acids is 1. The summed E-state index contributed by atoms with van der Waals surface area (Å²) in [6.45, 7) is 7.21. The lowest BCUT2D eigenvalue weighted by Gasteiger charge is -2.31. The number of likely N-dealkylation sites (tertiary alicyclic amines) is 1. The van der Waals surface area contributed by atoms with Gasteiger partial charge < -0.3 is 10.4 Å². The summed E-state index contributed by atoms with van der Waals surface area (Å²) < 4.78 is 0. The molecule has 3 atom stereocenters. The molecule has 0 bridgehead atoms. The second-order valence-corrected chi connectivity index (χ2v) is 6.09. The van der Waals surface area contributed by atoms with Gasteiger partial charge in [0.15, 0.2) is 0 Å². The first kappa shape index (κ1) is 14.3. The maximum Gasteiger partial charge on any atom is 0.307 e. The number of hydrogen-bond donors (Lipinski definition) is 2. The fraction of sp³-hybridized carbons (Fsp3) is 0.857. The molecule has 19 heavy (non-hydrogen) atoms. The van der Waals surface area contributed by atoms with Gasteiger partial charge in [-0.1, -0.05) is 13.8 Å². The van der Waals surface area contributed by atoms with E-state index in [2.05, 4.69) is 24.1 Å². The van der Waals surface area contributed by atoms with Crippen molar-refractivity contribution in [2.75, 3.05) is 19.6 Å². The van der Waals surface area contributed by atoms with Gasteiger partial charge in [0.1, 0.15) is 0 Å². The lowest BCUT2D eigenvalue weighted by molar-refractivity contribution is -0.140. The van der Waals surface area contributed by atoms with Crippen LogP contribution in [-0.2, 0) is 9.59 Å². The molecule has 1 aliphatic carbocycles. The summed E-state index contributed by atoms with van der Waals surface area (Å²) >= 11 is 0. The van der Waals surface area contributed by atoms with Crippen LogP contribution in [0.2, 0.25) is 0 Å². The van der Waals surface area contributed by atoms with Crippen LogP contribution in [0.15, 0.2) is 0 Å². The summed E-state index contributed by atoms with van der Waals surface area (Å²) in [6, 6.07) is 0.369. The van der Waals surface area contributed by atoms with Gasteiger partial charge in [0.25, 0.3) is 0 Å². The largest absolute Gasteiger partial charge is 0.481 e. The molecule has 0 aromatic carbocycles. The molecule has 0 aromatic heterocycles. The van der Waals surface area contributed by atoms with Gasteiger partial charge in [0.05, 0.1) is 11.8 Å². The standard InChI is InChI=1S/C14H24N2O3/c1-9(2)12(16-5-3-4-6-16)8-15-13(17)10-7-11(10)14(18)19/h9-12H,3-8H2,1-2H3,(H,15,17)(H,18,19). The Morgan fingerprint density at radius 3 is 2.37 bits per heavy atom. The Labute approximate surface area is 114 Å². The van der Waals surface area contributed by atoms with Crippen LogP contribution in [0.5, 0.6) is 0 Å². The van der Waals surface area contributed by atoms with Crippen LogP contribution < -0.4 is 5.32 Å². The van der Waals surface area contributed by atoms with Gasteiger partial charge in [0, 0.05) is 12.6 Å². The Bertz CT molecular complexity index is 351. The lowest BCUT2D eigenvalue weighted by Crippen LogP contribution is -2.46. The molecule has 0 aromatic rings. The molecule has 1 saturated carbocycles. The number of carboxylic acids is 1. The SMILES string of the molecule is CC(C)C(CNC(=O)C1CC1C(=O)O)N1CCCC1. The Morgan fingerprint density at radius 2 is 1.89 bits per heavy atom. The van der Waals surface area contributed by atoms with Crippen molar-refractivity contribution in [2.45, 2.75) is 39.2 Å². The van der Waals surface area contributed by atoms with Crippen LogP contribution in [-0.4, -0.2) is 47.6 Å². The first-order chi connectivity index (χ1) is 9.00. The van der Waals surface area contributed by atoms with Crippen LogP contribution in [0.4, 0.5) is 0 Å². The second-order valence-electron chi connectivity index (χ2n) is 6.09. The third-order valence-corrected chi connectivity index (χ3v) is 4.31. The molecule has 5 heteroatoms. The minimum atomic E-state index is -0.847. The molecule has 1 saturated heterocycles. The van der Waals surface area contributed by atoms with E-state index >= 15 is 0 Å². The van der Waals surface area contributed by atoms with Crippen LogP contribution >= 0.6 is 0 Å². The van der Waals surface area contributed by atoms with E-state index < -0.39 is 11.9 Å². The van der Waals surface area contributed by atoms with Crippen molar-refractivity contribution >= 4 is 11.9 Å². The summed E-state index contributed by atoms with van der Waals surface area (Å²) in [7, 11) is 0. The number of rotatable bonds is 6. The molecule has 1 heterocycles. The van der Waals surface area contributed by atoms with E-state index in [1.807, 2.05) is 0 Å². The van der Waals surface area contributed by atoms with Gasteiger partial charge in [-0.2, -0.15) is 0 Å². The number of nitrogens with one attached hydrogen (secondary N) is 1. The molecule has 1 aliphatic heterocycles. The highest BCUT2D eigenvalue weighted by Crippen LogP contribution is 2.38. The van der Waals surface area contributed by atoms with E-state index in [0.717, 1.165) is 13.1 Å². The van der Waals surface area contributed by atoms with Crippen LogP contribution in [0.25, 0.3) is 0 Å². The minimum absolute atomic E-state index is 0.0859. The number of carbonyl (C=O) groups is 2. The monoisotopic (exact) mass is 268 g/mol. The summed E-state index contributed by atoms with van der Waals surface area (Å²) in [5.74, 6) is -1.20. The van der Waals surface area contributed by atoms with E-state index in [-0.39, 0.29) is 11.8 Å². The Morgan fingerprint density at radius 1 is 1.26 bits per heavy atom. The Balaban J connectivity index is 1.79. The lowest BCUT2D eigenvalue weighted by atomic mass is 10.0. The van der Waals surface area contributed by atoms with Gasteiger partial charge in [-0.15, -0.1) is 0 Å². The molecule has 2 rings (SSSR count). The predicted octanol–water partition coefficient (Wildman–Crippen LogP) is 0.944.